The van der Waals surface area contributed by atoms with Gasteiger partial charge in [0.05, 0.1) is 11.0 Å². The Morgan fingerprint density at radius 3 is 2.43 bits per heavy atom. The molecule has 8 heteroatoms. The fraction of sp³-hybridized carbons (Fsp3) is 0.517. The van der Waals surface area contributed by atoms with E-state index in [1.165, 1.54) is 18.3 Å². The number of rotatable bonds is 14. The van der Waals surface area contributed by atoms with E-state index in [-0.39, 0.29) is 23.4 Å². The van der Waals surface area contributed by atoms with E-state index in [2.05, 4.69) is 38.0 Å². The van der Waals surface area contributed by atoms with Crippen molar-refractivity contribution in [2.75, 3.05) is 7.05 Å². The van der Waals surface area contributed by atoms with Crippen molar-refractivity contribution in [3.8, 4) is 0 Å². The van der Waals surface area contributed by atoms with Gasteiger partial charge in [0.2, 0.25) is 5.91 Å². The first-order chi connectivity index (χ1) is 17.5. The molecule has 7 nitrogen and oxygen atoms in total. The van der Waals surface area contributed by atoms with E-state index in [0.29, 0.717) is 36.8 Å². The van der Waals surface area contributed by atoms with Gasteiger partial charge in [-0.15, -0.1) is 11.3 Å². The number of aryl methyl sites for hydroxylation is 1. The first kappa shape index (κ1) is 30.2. The Hall–Kier alpha value is -3.00. The van der Waals surface area contributed by atoms with E-state index >= 15 is 0 Å². The number of carbonyl (C=O) groups is 3. The molecular formula is C29H41N3O4S. The number of carboxylic acids is 1. The number of aromatic nitrogens is 1. The fourth-order valence-electron chi connectivity index (χ4n) is 4.18. The molecule has 2 aromatic rings. The van der Waals surface area contributed by atoms with Gasteiger partial charge in [0.15, 0.2) is 0 Å². The van der Waals surface area contributed by atoms with Crippen molar-refractivity contribution in [1.29, 1.82) is 0 Å². The Labute approximate surface area is 225 Å². The lowest BCUT2D eigenvalue weighted by Gasteiger charge is -2.32. The third-order valence-corrected chi connectivity index (χ3v) is 7.63. The lowest BCUT2D eigenvalue weighted by molar-refractivity contribution is -0.134. The fourth-order valence-corrected chi connectivity index (χ4v) is 4.98. The third-order valence-electron chi connectivity index (χ3n) is 6.72. The molecule has 0 aliphatic heterocycles. The predicted molar refractivity (Wildman–Crippen MR) is 149 cm³/mol. The van der Waals surface area contributed by atoms with Gasteiger partial charge >= 0.3 is 5.97 Å². The molecule has 1 aromatic heterocycles. The second kappa shape index (κ2) is 14.7. The van der Waals surface area contributed by atoms with Crippen LogP contribution >= 0.6 is 11.3 Å². The molecule has 0 aliphatic rings. The second-order valence-electron chi connectivity index (χ2n) is 10.1. The van der Waals surface area contributed by atoms with Gasteiger partial charge in [-0.2, -0.15) is 0 Å². The van der Waals surface area contributed by atoms with Crippen molar-refractivity contribution in [3.63, 3.8) is 0 Å². The van der Waals surface area contributed by atoms with Crippen LogP contribution in [0.2, 0.25) is 0 Å². The molecule has 0 bridgehead atoms. The molecule has 2 amide bonds. The summed E-state index contributed by atoms with van der Waals surface area (Å²) in [4.78, 5) is 43.5. The monoisotopic (exact) mass is 527 g/mol. The molecule has 1 aromatic carbocycles. The topological polar surface area (TPSA) is 99.6 Å². The molecule has 0 saturated heterocycles. The molecule has 3 atom stereocenters. The summed E-state index contributed by atoms with van der Waals surface area (Å²) in [6.07, 6.45) is 5.02. The van der Waals surface area contributed by atoms with E-state index < -0.39 is 12.0 Å². The van der Waals surface area contributed by atoms with Crippen molar-refractivity contribution in [2.45, 2.75) is 78.8 Å². The number of nitrogens with one attached hydrogen (secondary N) is 1. The Kier molecular flexibility index (Phi) is 12.0. The minimum atomic E-state index is -1.02. The highest BCUT2D eigenvalue weighted by Crippen LogP contribution is 2.21. The molecule has 37 heavy (non-hydrogen) atoms. The Balaban J connectivity index is 2.06. The maximum absolute atomic E-state index is 13.0. The zero-order valence-electron chi connectivity index (χ0n) is 22.9. The highest BCUT2D eigenvalue weighted by atomic mass is 32.1. The summed E-state index contributed by atoms with van der Waals surface area (Å²) in [6, 6.07) is 9.24. The molecular weight excluding hydrogens is 486 g/mol. The average molecular weight is 528 g/mol. The van der Waals surface area contributed by atoms with Gasteiger partial charge in [0.25, 0.3) is 5.91 Å². The summed E-state index contributed by atoms with van der Waals surface area (Å²) in [7, 11) is 1.88. The van der Waals surface area contributed by atoms with Crippen molar-refractivity contribution >= 4 is 29.1 Å². The van der Waals surface area contributed by atoms with Crippen LogP contribution in [0.3, 0.4) is 0 Å². The lowest BCUT2D eigenvalue weighted by Crippen LogP contribution is -2.41. The zero-order valence-corrected chi connectivity index (χ0v) is 23.7. The van der Waals surface area contributed by atoms with Gasteiger partial charge in [0, 0.05) is 36.9 Å². The lowest BCUT2D eigenvalue weighted by atomic mass is 9.96. The highest BCUT2D eigenvalue weighted by Gasteiger charge is 2.24. The van der Waals surface area contributed by atoms with E-state index in [9.17, 15) is 19.5 Å². The second-order valence-corrected chi connectivity index (χ2v) is 11.1. The van der Waals surface area contributed by atoms with Gasteiger partial charge in [0.1, 0.15) is 5.69 Å². The van der Waals surface area contributed by atoms with Crippen molar-refractivity contribution in [3.05, 3.63) is 63.6 Å². The maximum Gasteiger partial charge on any atom is 0.331 e. The van der Waals surface area contributed by atoms with Gasteiger partial charge in [-0.1, -0.05) is 70.5 Å². The zero-order chi connectivity index (χ0) is 27.5. The number of thiazole rings is 1. The van der Waals surface area contributed by atoms with Crippen LogP contribution in [0.1, 0.15) is 74.9 Å². The van der Waals surface area contributed by atoms with Crippen LogP contribution < -0.4 is 5.32 Å². The van der Waals surface area contributed by atoms with Crippen molar-refractivity contribution in [2.24, 2.45) is 11.8 Å². The molecule has 3 unspecified atom stereocenters. The van der Waals surface area contributed by atoms with E-state index in [1.807, 2.05) is 42.3 Å². The molecule has 2 N–H and O–H groups in total. The molecule has 0 fully saturated rings. The SMILES string of the molecule is CCC(C)CC(=O)N(C)C(CCc1nc(C(=O)NC(/C=C(\C)C(=O)O)Cc2ccccc2)cs1)C(C)C. The highest BCUT2D eigenvalue weighted by molar-refractivity contribution is 7.09. The number of amides is 2. The van der Waals surface area contributed by atoms with Crippen LogP contribution in [0.4, 0.5) is 0 Å². The minimum Gasteiger partial charge on any atom is -0.478 e. The number of aliphatic carboxylic acids is 1. The molecule has 2 rings (SSSR count). The third kappa shape index (κ3) is 9.76. The normalized spacial score (nSPS) is 14.2. The van der Waals surface area contributed by atoms with Gasteiger partial charge in [-0.3, -0.25) is 9.59 Å². The first-order valence-corrected chi connectivity index (χ1v) is 13.9. The molecule has 1 heterocycles. The Bertz CT molecular complexity index is 1060. The maximum atomic E-state index is 13.0. The molecule has 0 spiro atoms. The summed E-state index contributed by atoms with van der Waals surface area (Å²) >= 11 is 1.43. The van der Waals surface area contributed by atoms with E-state index in [1.54, 1.807) is 11.5 Å². The summed E-state index contributed by atoms with van der Waals surface area (Å²) < 4.78 is 0. The smallest absolute Gasteiger partial charge is 0.331 e. The van der Waals surface area contributed by atoms with Crippen LogP contribution in [0.25, 0.3) is 0 Å². The van der Waals surface area contributed by atoms with Gasteiger partial charge < -0.3 is 15.3 Å². The van der Waals surface area contributed by atoms with Gasteiger partial charge in [-0.25, -0.2) is 9.78 Å². The van der Waals surface area contributed by atoms with Crippen LogP contribution in [0.15, 0.2) is 47.4 Å². The minimum absolute atomic E-state index is 0.0946. The summed E-state index contributed by atoms with van der Waals surface area (Å²) in [6.45, 7) is 9.96. The molecule has 202 valence electrons. The van der Waals surface area contributed by atoms with E-state index in [0.717, 1.165) is 23.4 Å². The summed E-state index contributed by atoms with van der Waals surface area (Å²) in [5, 5.41) is 14.8. The average Bonchev–Trinajstić information content (AvgIpc) is 3.33. The van der Waals surface area contributed by atoms with Crippen molar-refractivity contribution in [1.82, 2.24) is 15.2 Å². The van der Waals surface area contributed by atoms with Crippen LogP contribution in [0, 0.1) is 11.8 Å². The van der Waals surface area contributed by atoms with Crippen LogP contribution in [-0.2, 0) is 22.4 Å². The number of hydrogen-bond donors (Lipinski definition) is 2. The molecule has 0 saturated carbocycles. The number of carbonyl (C=O) groups excluding carboxylic acids is 2. The number of nitrogens with zero attached hydrogens (tertiary/aromatic N) is 2. The largest absolute Gasteiger partial charge is 0.478 e. The van der Waals surface area contributed by atoms with Gasteiger partial charge in [-0.05, 0) is 37.2 Å². The Morgan fingerprint density at radius 1 is 1.16 bits per heavy atom. The first-order valence-electron chi connectivity index (χ1n) is 13.0. The quantitative estimate of drug-likeness (QED) is 0.322. The van der Waals surface area contributed by atoms with Crippen LogP contribution in [0.5, 0.6) is 0 Å². The number of benzene rings is 1. The van der Waals surface area contributed by atoms with E-state index in [4.69, 9.17) is 0 Å². The Morgan fingerprint density at radius 2 is 1.84 bits per heavy atom. The summed E-state index contributed by atoms with van der Waals surface area (Å²) in [5.41, 5.74) is 1.49. The number of hydrogen-bond acceptors (Lipinski definition) is 5. The van der Waals surface area contributed by atoms with Crippen molar-refractivity contribution < 1.29 is 19.5 Å². The predicted octanol–water partition coefficient (Wildman–Crippen LogP) is 5.37. The molecule has 0 aliphatic carbocycles. The number of carboxylic acid groups (broad SMARTS) is 1. The molecule has 0 radical (unpaired) electrons. The van der Waals surface area contributed by atoms with Crippen LogP contribution in [-0.4, -0.2) is 51.9 Å². The standard InChI is InChI=1S/C29H41N3O4S/c1-7-20(4)15-27(33)32(6)25(19(2)3)13-14-26-31-24(18-37-26)28(34)30-23(16-21(5)29(35)36)17-22-11-9-8-10-12-22/h8-12,16,18-20,23,25H,7,13-15,17H2,1-6H3,(H,30,34)(H,35,36)/b21-16+. The summed E-state index contributed by atoms with van der Waals surface area (Å²) in [5.74, 6) is -0.518.